The number of halogens is 4. The highest BCUT2D eigenvalue weighted by atomic mass is 32.1. The summed E-state index contributed by atoms with van der Waals surface area (Å²) in [5, 5.41) is 15.0. The predicted molar refractivity (Wildman–Crippen MR) is 92.0 cm³/mol. The van der Waals surface area contributed by atoms with Gasteiger partial charge in [-0.1, -0.05) is 16.9 Å². The van der Waals surface area contributed by atoms with E-state index >= 15 is 0 Å². The molecule has 0 unspecified atom stereocenters. The maximum atomic E-state index is 12.9. The van der Waals surface area contributed by atoms with Crippen LogP contribution in [-0.4, -0.2) is 21.1 Å². The number of nitrogens with zero attached hydrogens (tertiary/aromatic N) is 2. The molecule has 0 bridgehead atoms. The zero-order valence-corrected chi connectivity index (χ0v) is 14.6. The molecule has 0 radical (unpaired) electrons. The lowest BCUT2D eigenvalue weighted by Crippen LogP contribution is -2.36. The third-order valence-electron chi connectivity index (χ3n) is 3.60. The molecule has 3 N–H and O–H groups in total. The van der Waals surface area contributed by atoms with Gasteiger partial charge in [0.15, 0.2) is 0 Å². The maximum absolute atomic E-state index is 12.9. The van der Waals surface area contributed by atoms with Crippen LogP contribution < -0.4 is 10.00 Å². The first-order valence-corrected chi connectivity index (χ1v) is 8.04. The number of nitrogens with one attached hydrogen (secondary N) is 2. The number of hydrogen-bond acceptors (Lipinski definition) is 4. The molecule has 0 aliphatic rings. The van der Waals surface area contributed by atoms with Gasteiger partial charge < -0.3 is 10.4 Å². The molecule has 0 spiro atoms. The fourth-order valence-electron chi connectivity index (χ4n) is 2.28. The van der Waals surface area contributed by atoms with Gasteiger partial charge in [0.05, 0.1) is 0 Å². The zero-order valence-electron chi connectivity index (χ0n) is 13.8. The Bertz CT molecular complexity index is 1080. The molecule has 28 heavy (non-hydrogen) atoms. The number of hydrogen-bond donors (Lipinski definition) is 3. The number of carbonyl (C=O) groups excluding carboxylic acids is 1. The Hall–Kier alpha value is -3.34. The lowest BCUT2D eigenvalue weighted by atomic mass is 10.2. The van der Waals surface area contributed by atoms with Gasteiger partial charge in [-0.15, -0.1) is 5.10 Å². The SMILES string of the molecule is O=C(Nc1ccc(F)cc1)c1c(O)[nH][n+](-c2ccc(C(F)(F)F)nc2)cc1=S. The molecule has 6 nitrogen and oxygen atoms in total. The molecule has 144 valence electrons. The smallest absolute Gasteiger partial charge is 0.433 e. The van der Waals surface area contributed by atoms with Crippen LogP contribution in [0.25, 0.3) is 5.69 Å². The van der Waals surface area contributed by atoms with Crippen LogP contribution in [-0.2, 0) is 6.18 Å². The number of aromatic amines is 1. The fourth-order valence-corrected chi connectivity index (χ4v) is 2.58. The molecule has 0 aliphatic heterocycles. The summed E-state index contributed by atoms with van der Waals surface area (Å²) >= 11 is 5.10. The average molecular weight is 411 g/mol. The van der Waals surface area contributed by atoms with Gasteiger partial charge in [0.25, 0.3) is 17.5 Å². The fraction of sp³-hybridized carbons (Fsp3) is 0.0588. The van der Waals surface area contributed by atoms with Crippen molar-refractivity contribution >= 4 is 23.8 Å². The van der Waals surface area contributed by atoms with Gasteiger partial charge in [0.1, 0.15) is 27.8 Å². The van der Waals surface area contributed by atoms with Crippen molar-refractivity contribution in [2.24, 2.45) is 0 Å². The van der Waals surface area contributed by atoms with Crippen LogP contribution in [0.15, 0.2) is 48.8 Å². The number of H-pyrrole nitrogens is 1. The van der Waals surface area contributed by atoms with E-state index < -0.39 is 29.5 Å². The number of anilines is 1. The highest BCUT2D eigenvalue weighted by Gasteiger charge is 2.32. The average Bonchev–Trinajstić information content (AvgIpc) is 2.62. The molecular formula is C17H11F4N4O2S+. The van der Waals surface area contributed by atoms with Crippen molar-refractivity contribution in [2.45, 2.75) is 6.18 Å². The molecule has 0 aliphatic carbocycles. The lowest BCUT2D eigenvalue weighted by molar-refractivity contribution is -0.661. The Morgan fingerprint density at radius 1 is 1.18 bits per heavy atom. The van der Waals surface area contributed by atoms with Crippen molar-refractivity contribution < 1.29 is 32.1 Å². The maximum Gasteiger partial charge on any atom is 0.433 e. The van der Waals surface area contributed by atoms with Crippen LogP contribution in [0.2, 0.25) is 0 Å². The van der Waals surface area contributed by atoms with E-state index in [1.165, 1.54) is 18.3 Å². The molecule has 3 rings (SSSR count). The summed E-state index contributed by atoms with van der Waals surface area (Å²) in [7, 11) is 0. The quantitative estimate of drug-likeness (QED) is 0.350. The van der Waals surface area contributed by atoms with Crippen molar-refractivity contribution in [3.63, 3.8) is 0 Å². The van der Waals surface area contributed by atoms with Crippen molar-refractivity contribution in [1.82, 2.24) is 10.1 Å². The van der Waals surface area contributed by atoms with Crippen molar-refractivity contribution in [3.05, 3.63) is 70.4 Å². The summed E-state index contributed by atoms with van der Waals surface area (Å²) < 4.78 is 51.8. The van der Waals surface area contributed by atoms with Crippen molar-refractivity contribution in [3.8, 4) is 11.6 Å². The molecule has 3 aromatic rings. The Morgan fingerprint density at radius 2 is 1.86 bits per heavy atom. The van der Waals surface area contributed by atoms with Crippen LogP contribution in [0.4, 0.5) is 23.2 Å². The molecule has 0 saturated heterocycles. The Labute approximate surface area is 160 Å². The summed E-state index contributed by atoms with van der Waals surface area (Å²) in [4.78, 5) is 15.7. The number of aromatic hydroxyl groups is 1. The van der Waals surface area contributed by atoms with E-state index in [1.807, 2.05) is 0 Å². The molecular weight excluding hydrogens is 400 g/mol. The summed E-state index contributed by atoms with van der Waals surface area (Å²) in [5.74, 6) is -1.83. The van der Waals surface area contributed by atoms with Crippen molar-refractivity contribution in [1.29, 1.82) is 0 Å². The topological polar surface area (TPSA) is 81.9 Å². The van der Waals surface area contributed by atoms with Crippen LogP contribution in [0.5, 0.6) is 5.88 Å². The summed E-state index contributed by atoms with van der Waals surface area (Å²) in [6.07, 6.45) is -2.41. The summed E-state index contributed by atoms with van der Waals surface area (Å²) in [5.41, 5.74) is -0.894. The number of aromatic nitrogens is 3. The second-order valence-corrected chi connectivity index (χ2v) is 6.00. The second kappa shape index (κ2) is 7.35. The number of benzene rings is 1. The summed E-state index contributed by atoms with van der Waals surface area (Å²) in [6.45, 7) is 0. The molecule has 2 heterocycles. The van der Waals surface area contributed by atoms with E-state index in [9.17, 15) is 27.5 Å². The van der Waals surface area contributed by atoms with Gasteiger partial charge in [0.2, 0.25) is 6.20 Å². The van der Waals surface area contributed by atoms with E-state index in [-0.39, 0.29) is 21.4 Å². The van der Waals surface area contributed by atoms with Crippen molar-refractivity contribution in [2.75, 3.05) is 5.32 Å². The zero-order chi connectivity index (χ0) is 20.5. The van der Waals surface area contributed by atoms with E-state index in [0.717, 1.165) is 35.1 Å². The number of alkyl halides is 3. The van der Waals surface area contributed by atoms with Gasteiger partial charge in [-0.3, -0.25) is 4.79 Å². The van der Waals surface area contributed by atoms with Gasteiger partial charge in [-0.2, -0.15) is 13.2 Å². The Morgan fingerprint density at radius 3 is 2.39 bits per heavy atom. The van der Waals surface area contributed by atoms with Crippen LogP contribution >= 0.6 is 12.2 Å². The van der Waals surface area contributed by atoms with Gasteiger partial charge in [0, 0.05) is 11.8 Å². The largest absolute Gasteiger partial charge is 0.491 e. The molecule has 2 aromatic heterocycles. The van der Waals surface area contributed by atoms with E-state index in [2.05, 4.69) is 15.4 Å². The number of rotatable bonds is 3. The van der Waals surface area contributed by atoms with E-state index in [1.54, 1.807) is 0 Å². The highest BCUT2D eigenvalue weighted by Crippen LogP contribution is 2.27. The normalized spacial score (nSPS) is 11.3. The molecule has 11 heteroatoms. The minimum atomic E-state index is -4.58. The first-order chi connectivity index (χ1) is 13.1. The van der Waals surface area contributed by atoms with Gasteiger partial charge >= 0.3 is 6.18 Å². The first-order valence-electron chi connectivity index (χ1n) is 7.63. The summed E-state index contributed by atoms with van der Waals surface area (Å²) in [6, 6.07) is 6.84. The first kappa shape index (κ1) is 19.4. The number of pyridine rings is 1. The van der Waals surface area contributed by atoms with Crippen LogP contribution in [0, 0.1) is 10.3 Å². The standard InChI is InChI=1S/C17H10F4N4O2S/c18-9-1-3-10(4-2-9)23-15(26)14-12(28)8-25(24-16(14)27)11-5-6-13(22-7-11)17(19,20)21/h1-8H,(H2-,23,24,26,27,28)/p+1. The van der Waals surface area contributed by atoms with Crippen LogP contribution in [0.3, 0.4) is 0 Å². The minimum Gasteiger partial charge on any atom is -0.491 e. The third-order valence-corrected chi connectivity index (χ3v) is 3.91. The number of carbonyl (C=O) groups is 1. The minimum absolute atomic E-state index is 0.0734. The Balaban J connectivity index is 1.89. The second-order valence-electron chi connectivity index (χ2n) is 5.56. The Kier molecular flexibility index (Phi) is 5.10. The van der Waals surface area contributed by atoms with Gasteiger partial charge in [-0.05, 0) is 30.3 Å². The van der Waals surface area contributed by atoms with Gasteiger partial charge in [-0.25, -0.2) is 9.37 Å². The predicted octanol–water partition coefficient (Wildman–Crippen LogP) is 3.53. The van der Waals surface area contributed by atoms with E-state index in [0.29, 0.717) is 0 Å². The molecule has 0 atom stereocenters. The molecule has 1 aromatic carbocycles. The lowest BCUT2D eigenvalue weighted by Gasteiger charge is -2.07. The number of amides is 1. The molecule has 1 amide bonds. The highest BCUT2D eigenvalue weighted by molar-refractivity contribution is 7.71. The van der Waals surface area contributed by atoms with Crippen LogP contribution in [0.1, 0.15) is 16.1 Å². The molecule has 0 fully saturated rings. The third kappa shape index (κ3) is 4.14. The van der Waals surface area contributed by atoms with E-state index in [4.69, 9.17) is 12.2 Å². The monoisotopic (exact) mass is 411 g/mol. The molecule has 0 saturated carbocycles.